The molecular weight excluding hydrogens is 310 g/mol. The first kappa shape index (κ1) is 15.3. The van der Waals surface area contributed by atoms with Gasteiger partial charge in [-0.05, 0) is 44.5 Å². The average molecular weight is 325 g/mol. The van der Waals surface area contributed by atoms with E-state index in [2.05, 4.69) is 16.0 Å². The van der Waals surface area contributed by atoms with Gasteiger partial charge in [-0.25, -0.2) is 9.78 Å². The number of hydrogen-bond acceptors (Lipinski definition) is 5. The second-order valence-corrected chi connectivity index (χ2v) is 6.22. The molecule has 23 heavy (non-hydrogen) atoms. The number of nitrogens with one attached hydrogen (secondary N) is 1. The number of thiazole rings is 1. The van der Waals surface area contributed by atoms with Crippen molar-refractivity contribution in [3.05, 3.63) is 39.9 Å². The summed E-state index contributed by atoms with van der Waals surface area (Å²) >= 11 is 1.29. The zero-order chi connectivity index (χ0) is 16.6. The highest BCUT2D eigenvalue weighted by molar-refractivity contribution is 7.17. The third-order valence-electron chi connectivity index (χ3n) is 3.48. The average Bonchev–Trinajstić information content (AvgIpc) is 3.09. The minimum atomic E-state index is -0.349. The molecule has 1 aromatic carbocycles. The van der Waals surface area contributed by atoms with Crippen LogP contribution in [0.3, 0.4) is 0 Å². The predicted octanol–water partition coefficient (Wildman–Crippen LogP) is 3.96. The molecule has 0 radical (unpaired) electrons. The number of aromatic nitrogens is 2. The summed E-state index contributed by atoms with van der Waals surface area (Å²) in [6.07, 6.45) is 0. The van der Waals surface area contributed by atoms with E-state index >= 15 is 0 Å². The van der Waals surface area contributed by atoms with Crippen molar-refractivity contribution in [2.75, 3.05) is 6.61 Å². The lowest BCUT2D eigenvalue weighted by molar-refractivity contribution is 0.0531. The molecule has 3 rings (SSSR count). The number of rotatable bonds is 3. The van der Waals surface area contributed by atoms with Crippen molar-refractivity contribution in [1.82, 2.24) is 9.97 Å². The molecule has 116 valence electrons. The summed E-state index contributed by atoms with van der Waals surface area (Å²) in [6, 6.07) is 8.02. The van der Waals surface area contributed by atoms with E-state index in [0.717, 1.165) is 22.2 Å². The van der Waals surface area contributed by atoms with Crippen molar-refractivity contribution in [3.8, 4) is 16.8 Å². The molecule has 0 aliphatic carbocycles. The molecular formula is C17H15N3O2S. The Kier molecular flexibility index (Phi) is 3.89. The molecule has 2 aromatic heterocycles. The largest absolute Gasteiger partial charge is 0.462 e. The number of nitriles is 1. The summed E-state index contributed by atoms with van der Waals surface area (Å²) in [6.45, 7) is 5.86. The fourth-order valence-electron chi connectivity index (χ4n) is 2.50. The summed E-state index contributed by atoms with van der Waals surface area (Å²) in [7, 11) is 0. The Labute approximate surface area is 137 Å². The Morgan fingerprint density at radius 1 is 1.39 bits per heavy atom. The molecule has 0 fully saturated rings. The van der Waals surface area contributed by atoms with Gasteiger partial charge in [-0.3, -0.25) is 0 Å². The van der Waals surface area contributed by atoms with Gasteiger partial charge in [0.05, 0.1) is 29.1 Å². The van der Waals surface area contributed by atoms with Crippen LogP contribution in [-0.2, 0) is 4.74 Å². The molecule has 2 heterocycles. The normalized spacial score (nSPS) is 10.7. The van der Waals surface area contributed by atoms with Crippen LogP contribution in [0.5, 0.6) is 0 Å². The van der Waals surface area contributed by atoms with Gasteiger partial charge in [0.1, 0.15) is 16.0 Å². The van der Waals surface area contributed by atoms with Crippen LogP contribution >= 0.6 is 11.3 Å². The molecule has 0 amide bonds. The number of hydrogen-bond donors (Lipinski definition) is 1. The number of nitrogens with zero attached hydrogens (tertiary/aromatic N) is 2. The number of aryl methyl sites for hydroxylation is 2. The highest BCUT2D eigenvalue weighted by Gasteiger charge is 2.18. The molecule has 0 unspecified atom stereocenters. The minimum absolute atomic E-state index is 0.336. The van der Waals surface area contributed by atoms with Crippen LogP contribution in [0.25, 0.3) is 21.6 Å². The first-order valence-corrected chi connectivity index (χ1v) is 8.03. The maximum atomic E-state index is 11.9. The van der Waals surface area contributed by atoms with Crippen LogP contribution in [0.2, 0.25) is 0 Å². The van der Waals surface area contributed by atoms with Gasteiger partial charge in [-0.2, -0.15) is 5.26 Å². The number of fused-ring (bicyclic) bond motifs is 1. The summed E-state index contributed by atoms with van der Waals surface area (Å²) in [4.78, 5) is 20.1. The molecule has 0 atom stereocenters. The van der Waals surface area contributed by atoms with Crippen molar-refractivity contribution in [2.45, 2.75) is 20.8 Å². The van der Waals surface area contributed by atoms with Crippen molar-refractivity contribution in [3.63, 3.8) is 0 Å². The number of carbonyl (C=O) groups is 1. The Morgan fingerprint density at radius 2 is 2.17 bits per heavy atom. The Morgan fingerprint density at radius 3 is 2.87 bits per heavy atom. The van der Waals surface area contributed by atoms with Gasteiger partial charge < -0.3 is 9.72 Å². The Balaban J connectivity index is 2.09. The Bertz CT molecular complexity index is 947. The number of benzene rings is 1. The molecule has 3 aromatic rings. The van der Waals surface area contributed by atoms with Crippen molar-refractivity contribution < 1.29 is 9.53 Å². The molecule has 5 nitrogen and oxygen atoms in total. The van der Waals surface area contributed by atoms with Gasteiger partial charge in [0.15, 0.2) is 0 Å². The van der Waals surface area contributed by atoms with Crippen LogP contribution < -0.4 is 0 Å². The first-order valence-electron chi connectivity index (χ1n) is 7.22. The molecule has 0 saturated heterocycles. The van der Waals surface area contributed by atoms with Crippen molar-refractivity contribution in [1.29, 1.82) is 5.26 Å². The van der Waals surface area contributed by atoms with E-state index < -0.39 is 0 Å². The van der Waals surface area contributed by atoms with Gasteiger partial charge in [0, 0.05) is 5.39 Å². The number of esters is 1. The number of H-pyrrole nitrogens is 1. The second kappa shape index (κ2) is 5.86. The van der Waals surface area contributed by atoms with E-state index in [1.807, 2.05) is 25.1 Å². The van der Waals surface area contributed by atoms with Gasteiger partial charge in [-0.1, -0.05) is 0 Å². The number of carbonyl (C=O) groups excluding carboxylic acids is 1. The fraction of sp³-hybridized carbons (Fsp3) is 0.235. The number of aromatic amines is 1. The molecule has 1 N–H and O–H groups in total. The summed E-state index contributed by atoms with van der Waals surface area (Å²) in [5.41, 5.74) is 3.87. The Hall–Kier alpha value is -2.65. The highest BCUT2D eigenvalue weighted by Crippen LogP contribution is 2.31. The zero-order valence-electron chi connectivity index (χ0n) is 13.1. The van der Waals surface area contributed by atoms with E-state index in [1.54, 1.807) is 13.8 Å². The maximum Gasteiger partial charge on any atom is 0.350 e. The van der Waals surface area contributed by atoms with E-state index in [0.29, 0.717) is 27.7 Å². The lowest BCUT2D eigenvalue weighted by Crippen LogP contribution is -2.03. The second-order valence-electron chi connectivity index (χ2n) is 5.23. The van der Waals surface area contributed by atoms with Crippen LogP contribution in [0, 0.1) is 25.2 Å². The third-order valence-corrected chi connectivity index (χ3v) is 4.65. The fourth-order valence-corrected chi connectivity index (χ4v) is 3.43. The third kappa shape index (κ3) is 2.71. The molecule has 0 bridgehead atoms. The lowest BCUT2D eigenvalue weighted by Gasteiger charge is -1.97. The topological polar surface area (TPSA) is 78.8 Å². The van der Waals surface area contributed by atoms with Crippen LogP contribution in [-0.4, -0.2) is 22.5 Å². The number of ether oxygens (including phenoxy) is 1. The standard InChI is InChI=1S/C17H15N3O2S/c1-4-22-17(21)15-10(3)19-16(23-15)13-7-11-5-9(2)6-12(8-18)14(11)20-13/h5-7,20H,4H2,1-3H3. The van der Waals surface area contributed by atoms with Crippen LogP contribution in [0.1, 0.15) is 33.4 Å². The molecule has 0 spiro atoms. The quantitative estimate of drug-likeness (QED) is 0.739. The van der Waals surface area contributed by atoms with Gasteiger partial charge in [0.25, 0.3) is 0 Å². The van der Waals surface area contributed by atoms with Gasteiger partial charge in [0.2, 0.25) is 0 Å². The highest BCUT2D eigenvalue weighted by atomic mass is 32.1. The zero-order valence-corrected chi connectivity index (χ0v) is 13.9. The minimum Gasteiger partial charge on any atom is -0.462 e. The maximum absolute atomic E-state index is 11.9. The smallest absolute Gasteiger partial charge is 0.350 e. The SMILES string of the molecule is CCOC(=O)c1sc(-c2cc3cc(C)cc(C#N)c3[nH]2)nc1C. The summed E-state index contributed by atoms with van der Waals surface area (Å²) in [5, 5.41) is 10.9. The molecule has 0 aliphatic heterocycles. The molecule has 0 saturated carbocycles. The monoisotopic (exact) mass is 325 g/mol. The molecule has 6 heteroatoms. The van der Waals surface area contributed by atoms with Gasteiger partial charge in [-0.15, -0.1) is 11.3 Å². The van der Waals surface area contributed by atoms with Crippen molar-refractivity contribution >= 4 is 28.2 Å². The summed E-state index contributed by atoms with van der Waals surface area (Å²) in [5.74, 6) is -0.349. The van der Waals surface area contributed by atoms with E-state index in [1.165, 1.54) is 11.3 Å². The first-order chi connectivity index (χ1) is 11.0. The lowest BCUT2D eigenvalue weighted by atomic mass is 10.1. The predicted molar refractivity (Wildman–Crippen MR) is 89.6 cm³/mol. The van der Waals surface area contributed by atoms with Gasteiger partial charge >= 0.3 is 5.97 Å². The van der Waals surface area contributed by atoms with E-state index in [9.17, 15) is 10.1 Å². The van der Waals surface area contributed by atoms with E-state index in [4.69, 9.17) is 4.74 Å². The van der Waals surface area contributed by atoms with E-state index in [-0.39, 0.29) is 5.97 Å². The summed E-state index contributed by atoms with van der Waals surface area (Å²) < 4.78 is 5.05. The van der Waals surface area contributed by atoms with Crippen LogP contribution in [0.15, 0.2) is 18.2 Å². The van der Waals surface area contributed by atoms with Crippen molar-refractivity contribution in [2.24, 2.45) is 0 Å². The molecule has 0 aliphatic rings. The van der Waals surface area contributed by atoms with Crippen LogP contribution in [0.4, 0.5) is 0 Å².